The van der Waals surface area contributed by atoms with Gasteiger partial charge in [0.2, 0.25) is 5.91 Å². The number of nitrogens with one attached hydrogen (secondary N) is 2. The summed E-state index contributed by atoms with van der Waals surface area (Å²) < 4.78 is 4.88. The van der Waals surface area contributed by atoms with Gasteiger partial charge < -0.3 is 15.0 Å². The van der Waals surface area contributed by atoms with Crippen molar-refractivity contribution >= 4 is 28.4 Å². The molecule has 0 saturated carbocycles. The molecule has 0 aliphatic rings. The Balaban J connectivity index is 1.77. The van der Waals surface area contributed by atoms with Crippen LogP contribution in [0.15, 0.2) is 66.9 Å². The molecular weight excluding hydrogens is 340 g/mol. The van der Waals surface area contributed by atoms with Crippen molar-refractivity contribution in [2.24, 2.45) is 0 Å². The van der Waals surface area contributed by atoms with E-state index in [9.17, 15) is 9.59 Å². The fourth-order valence-electron chi connectivity index (χ4n) is 3.05. The van der Waals surface area contributed by atoms with Crippen LogP contribution in [0, 0.1) is 0 Å². The molecule has 1 heterocycles. The zero-order valence-corrected chi connectivity index (χ0v) is 15.4. The predicted octanol–water partition coefficient (Wildman–Crippen LogP) is 3.47. The molecule has 1 atom stereocenters. The minimum Gasteiger partial charge on any atom is -0.467 e. The van der Waals surface area contributed by atoms with Gasteiger partial charge in [-0.1, -0.05) is 48.5 Å². The minimum atomic E-state index is -0.762. The molecular formula is C22H22N2O3. The Morgan fingerprint density at radius 2 is 1.81 bits per heavy atom. The number of amides is 1. The summed E-state index contributed by atoms with van der Waals surface area (Å²) in [4.78, 5) is 27.8. The lowest BCUT2D eigenvalue weighted by Crippen LogP contribution is -2.42. The molecule has 5 nitrogen and oxygen atoms in total. The van der Waals surface area contributed by atoms with Crippen molar-refractivity contribution in [3.05, 3.63) is 78.0 Å². The largest absolute Gasteiger partial charge is 0.467 e. The molecule has 0 spiro atoms. The average Bonchev–Trinajstić information content (AvgIpc) is 3.10. The molecule has 1 aromatic heterocycles. The van der Waals surface area contributed by atoms with E-state index < -0.39 is 12.0 Å². The highest BCUT2D eigenvalue weighted by molar-refractivity contribution is 5.97. The Bertz CT molecular complexity index is 973. The molecule has 0 bridgehead atoms. The Hall–Kier alpha value is -3.34. The molecule has 138 valence electrons. The van der Waals surface area contributed by atoms with Gasteiger partial charge in [0.15, 0.2) is 0 Å². The van der Waals surface area contributed by atoms with Crippen LogP contribution in [0.3, 0.4) is 0 Å². The number of H-pyrrole nitrogens is 1. The van der Waals surface area contributed by atoms with E-state index in [1.165, 1.54) is 13.2 Å². The van der Waals surface area contributed by atoms with Gasteiger partial charge in [0.1, 0.15) is 6.04 Å². The van der Waals surface area contributed by atoms with E-state index in [4.69, 9.17) is 4.74 Å². The molecule has 3 rings (SSSR count). The van der Waals surface area contributed by atoms with Crippen molar-refractivity contribution in [1.29, 1.82) is 0 Å². The maximum Gasteiger partial charge on any atom is 0.328 e. The molecule has 5 heteroatoms. The Morgan fingerprint density at radius 3 is 2.56 bits per heavy atom. The highest BCUT2D eigenvalue weighted by Crippen LogP contribution is 2.19. The van der Waals surface area contributed by atoms with Crippen molar-refractivity contribution in [3.8, 4) is 0 Å². The van der Waals surface area contributed by atoms with Crippen molar-refractivity contribution in [1.82, 2.24) is 10.3 Å². The summed E-state index contributed by atoms with van der Waals surface area (Å²) in [5.74, 6) is -0.800. The summed E-state index contributed by atoms with van der Waals surface area (Å²) in [7, 11) is 1.32. The highest BCUT2D eigenvalue weighted by Gasteiger charge is 2.22. The normalized spacial score (nSPS) is 12.6. The number of fused-ring (bicyclic) bond motifs is 1. The quantitative estimate of drug-likeness (QED) is 0.521. The number of aromatic nitrogens is 1. The summed E-state index contributed by atoms with van der Waals surface area (Å²) in [6.45, 7) is 1.86. The van der Waals surface area contributed by atoms with Gasteiger partial charge >= 0.3 is 5.97 Å². The van der Waals surface area contributed by atoms with Gasteiger partial charge in [-0.05, 0) is 29.7 Å². The Labute approximate surface area is 158 Å². The zero-order valence-electron chi connectivity index (χ0n) is 15.4. The number of aromatic amines is 1. The minimum absolute atomic E-state index is 0.327. The smallest absolute Gasteiger partial charge is 0.328 e. The lowest BCUT2D eigenvalue weighted by atomic mass is 10.0. The lowest BCUT2D eigenvalue weighted by molar-refractivity contribution is -0.144. The van der Waals surface area contributed by atoms with Crippen molar-refractivity contribution < 1.29 is 14.3 Å². The van der Waals surface area contributed by atoms with Crippen LogP contribution >= 0.6 is 0 Å². The van der Waals surface area contributed by atoms with Crippen molar-refractivity contribution in [2.45, 2.75) is 19.4 Å². The molecule has 0 unspecified atom stereocenters. The first-order valence-electron chi connectivity index (χ1n) is 8.75. The number of allylic oxidation sites excluding steroid dienone is 1. The number of hydrogen-bond acceptors (Lipinski definition) is 3. The van der Waals surface area contributed by atoms with Gasteiger partial charge in [-0.2, -0.15) is 0 Å². The standard InChI is InChI=1S/C22H22N2O3/c1-15(16-8-4-3-5-9-16)12-21(25)24-20(22(26)27-2)13-17-14-23-19-11-7-6-10-18(17)19/h3-12,14,20,23H,13H2,1-2H3,(H,24,25)/t20-/m1/s1. The maximum atomic E-state index is 12.4. The topological polar surface area (TPSA) is 71.2 Å². The van der Waals surface area contributed by atoms with Crippen LogP contribution in [0.2, 0.25) is 0 Å². The molecule has 2 N–H and O–H groups in total. The second-order valence-corrected chi connectivity index (χ2v) is 6.34. The van der Waals surface area contributed by atoms with Crippen LogP contribution < -0.4 is 5.32 Å². The number of para-hydroxylation sites is 1. The summed E-state index contributed by atoms with van der Waals surface area (Å²) in [5.41, 5.74) is 3.72. The third-order valence-corrected chi connectivity index (χ3v) is 4.48. The van der Waals surface area contributed by atoms with E-state index in [0.29, 0.717) is 6.42 Å². The maximum absolute atomic E-state index is 12.4. The van der Waals surface area contributed by atoms with Gasteiger partial charge in [-0.25, -0.2) is 4.79 Å². The number of rotatable bonds is 6. The van der Waals surface area contributed by atoms with Gasteiger partial charge in [-0.15, -0.1) is 0 Å². The molecule has 0 saturated heterocycles. The number of ether oxygens (including phenoxy) is 1. The predicted molar refractivity (Wildman–Crippen MR) is 106 cm³/mol. The van der Waals surface area contributed by atoms with E-state index in [0.717, 1.165) is 27.6 Å². The van der Waals surface area contributed by atoms with Crippen LogP contribution in [-0.2, 0) is 20.7 Å². The van der Waals surface area contributed by atoms with Crippen LogP contribution in [0.1, 0.15) is 18.1 Å². The monoisotopic (exact) mass is 362 g/mol. The summed E-state index contributed by atoms with van der Waals surface area (Å²) >= 11 is 0. The molecule has 2 aromatic carbocycles. The van der Waals surface area contributed by atoms with Crippen LogP contribution in [-0.4, -0.2) is 30.0 Å². The molecule has 0 aliphatic carbocycles. The van der Waals surface area contributed by atoms with E-state index in [-0.39, 0.29) is 5.91 Å². The number of esters is 1. The van der Waals surface area contributed by atoms with Crippen molar-refractivity contribution in [2.75, 3.05) is 7.11 Å². The third-order valence-electron chi connectivity index (χ3n) is 4.48. The zero-order chi connectivity index (χ0) is 19.2. The highest BCUT2D eigenvalue weighted by atomic mass is 16.5. The second-order valence-electron chi connectivity index (χ2n) is 6.34. The van der Waals surface area contributed by atoms with E-state index >= 15 is 0 Å². The first kappa shape index (κ1) is 18.5. The van der Waals surface area contributed by atoms with E-state index in [2.05, 4.69) is 10.3 Å². The lowest BCUT2D eigenvalue weighted by Gasteiger charge is -2.15. The van der Waals surface area contributed by atoms with Crippen LogP contribution in [0.5, 0.6) is 0 Å². The third kappa shape index (κ3) is 4.44. The van der Waals surface area contributed by atoms with Gasteiger partial charge in [0.05, 0.1) is 7.11 Å². The van der Waals surface area contributed by atoms with E-state index in [1.54, 1.807) is 0 Å². The molecule has 0 radical (unpaired) electrons. The number of benzene rings is 2. The van der Waals surface area contributed by atoms with Crippen LogP contribution in [0.4, 0.5) is 0 Å². The number of hydrogen-bond donors (Lipinski definition) is 2. The number of methoxy groups -OCH3 is 1. The summed E-state index contributed by atoms with van der Waals surface area (Å²) in [6.07, 6.45) is 3.71. The second kappa shape index (κ2) is 8.36. The summed E-state index contributed by atoms with van der Waals surface area (Å²) in [5, 5.41) is 3.79. The Kier molecular flexibility index (Phi) is 5.71. The fourth-order valence-corrected chi connectivity index (χ4v) is 3.05. The van der Waals surface area contributed by atoms with Gasteiger partial charge in [0, 0.05) is 29.6 Å². The molecule has 3 aromatic rings. The average molecular weight is 362 g/mol. The molecule has 27 heavy (non-hydrogen) atoms. The Morgan fingerprint density at radius 1 is 1.11 bits per heavy atom. The first-order valence-corrected chi connectivity index (χ1v) is 8.75. The number of carbonyl (C=O) groups excluding carboxylic acids is 2. The van der Waals surface area contributed by atoms with Gasteiger partial charge in [-0.3, -0.25) is 4.79 Å². The molecule has 0 aliphatic heterocycles. The van der Waals surface area contributed by atoms with Crippen molar-refractivity contribution in [3.63, 3.8) is 0 Å². The molecule has 1 amide bonds. The summed E-state index contributed by atoms with van der Waals surface area (Å²) in [6, 6.07) is 16.7. The fraction of sp³-hybridized carbons (Fsp3) is 0.182. The first-order chi connectivity index (χ1) is 13.1. The SMILES string of the molecule is COC(=O)[C@@H](Cc1c[nH]c2ccccc12)NC(=O)C=C(C)c1ccccc1. The molecule has 0 fully saturated rings. The van der Waals surface area contributed by atoms with Gasteiger partial charge in [0.25, 0.3) is 0 Å². The van der Waals surface area contributed by atoms with Crippen LogP contribution in [0.25, 0.3) is 16.5 Å². The van der Waals surface area contributed by atoms with E-state index in [1.807, 2.05) is 67.7 Å². The number of carbonyl (C=O) groups is 2.